The highest BCUT2D eigenvalue weighted by atomic mass is 32.1. The van der Waals surface area contributed by atoms with Crippen LogP contribution in [0.4, 0.5) is 0 Å². The molecule has 0 saturated carbocycles. The van der Waals surface area contributed by atoms with Gasteiger partial charge >= 0.3 is 0 Å². The van der Waals surface area contributed by atoms with Gasteiger partial charge in [-0.1, -0.05) is 18.2 Å². The van der Waals surface area contributed by atoms with Gasteiger partial charge in [0.2, 0.25) is 0 Å². The summed E-state index contributed by atoms with van der Waals surface area (Å²) in [4.78, 5) is 1.43. The first-order chi connectivity index (χ1) is 9.28. The van der Waals surface area contributed by atoms with Gasteiger partial charge in [-0.05, 0) is 56.0 Å². The molecule has 1 atom stereocenters. The average Bonchev–Trinajstić information content (AvgIpc) is 2.90. The SMILES string of the molecule is CNC(CCOc1cccc(C)c1)Cc1cccs1. The Balaban J connectivity index is 1.77. The molecule has 19 heavy (non-hydrogen) atoms. The standard InChI is InChI=1S/C16H21NOS/c1-13-5-3-6-15(11-13)18-9-8-14(17-2)12-16-7-4-10-19-16/h3-7,10-11,14,17H,8-9,12H2,1-2H3. The van der Waals surface area contributed by atoms with E-state index < -0.39 is 0 Å². The highest BCUT2D eigenvalue weighted by molar-refractivity contribution is 7.09. The molecule has 2 nitrogen and oxygen atoms in total. The van der Waals surface area contributed by atoms with Gasteiger partial charge in [-0.25, -0.2) is 0 Å². The topological polar surface area (TPSA) is 21.3 Å². The summed E-state index contributed by atoms with van der Waals surface area (Å²) in [5.41, 5.74) is 1.24. The highest BCUT2D eigenvalue weighted by Crippen LogP contribution is 2.15. The Morgan fingerprint density at radius 3 is 2.84 bits per heavy atom. The van der Waals surface area contributed by atoms with Crippen LogP contribution in [0.3, 0.4) is 0 Å². The number of aryl methyl sites for hydroxylation is 1. The first-order valence-corrected chi connectivity index (χ1v) is 7.55. The Bertz CT molecular complexity index is 481. The Morgan fingerprint density at radius 2 is 2.16 bits per heavy atom. The number of likely N-dealkylation sites (N-methyl/N-ethyl adjacent to an activating group) is 1. The first-order valence-electron chi connectivity index (χ1n) is 6.67. The number of hydrogen-bond acceptors (Lipinski definition) is 3. The van der Waals surface area contributed by atoms with Gasteiger partial charge in [0.15, 0.2) is 0 Å². The Kier molecular flexibility index (Phi) is 5.43. The molecular formula is C16H21NOS. The molecular weight excluding hydrogens is 254 g/mol. The zero-order valence-electron chi connectivity index (χ0n) is 11.6. The van der Waals surface area contributed by atoms with Gasteiger partial charge in [0.05, 0.1) is 6.61 Å². The van der Waals surface area contributed by atoms with Crippen LogP contribution in [0.5, 0.6) is 5.75 Å². The monoisotopic (exact) mass is 275 g/mol. The number of hydrogen-bond donors (Lipinski definition) is 1. The van der Waals surface area contributed by atoms with E-state index in [1.807, 2.05) is 30.5 Å². The molecule has 0 aliphatic heterocycles. The van der Waals surface area contributed by atoms with Gasteiger partial charge < -0.3 is 10.1 Å². The van der Waals surface area contributed by atoms with Crippen LogP contribution in [0.15, 0.2) is 41.8 Å². The Labute approximate surface area is 119 Å². The molecule has 1 aromatic heterocycles. The van der Waals surface area contributed by atoms with Gasteiger partial charge in [0, 0.05) is 10.9 Å². The normalized spacial score (nSPS) is 12.3. The molecule has 0 bridgehead atoms. The van der Waals surface area contributed by atoms with E-state index in [0.717, 1.165) is 25.2 Å². The van der Waals surface area contributed by atoms with Crippen LogP contribution in [0.1, 0.15) is 16.9 Å². The van der Waals surface area contributed by atoms with Crippen LogP contribution in [0.2, 0.25) is 0 Å². The average molecular weight is 275 g/mol. The lowest BCUT2D eigenvalue weighted by molar-refractivity contribution is 0.288. The number of thiophene rings is 1. The fraction of sp³-hybridized carbons (Fsp3) is 0.375. The zero-order valence-corrected chi connectivity index (χ0v) is 12.4. The Morgan fingerprint density at radius 1 is 1.26 bits per heavy atom. The molecule has 0 amide bonds. The largest absolute Gasteiger partial charge is 0.494 e. The summed E-state index contributed by atoms with van der Waals surface area (Å²) in [6.07, 6.45) is 2.09. The molecule has 0 aliphatic rings. The van der Waals surface area contributed by atoms with Crippen LogP contribution < -0.4 is 10.1 Å². The van der Waals surface area contributed by atoms with Gasteiger partial charge in [-0.2, -0.15) is 0 Å². The summed E-state index contributed by atoms with van der Waals surface area (Å²) in [6, 6.07) is 13.0. The van der Waals surface area contributed by atoms with Crippen molar-refractivity contribution in [3.05, 3.63) is 52.2 Å². The fourth-order valence-corrected chi connectivity index (χ4v) is 2.83. The molecule has 0 aliphatic carbocycles. The van der Waals surface area contributed by atoms with Crippen LogP contribution in [0, 0.1) is 6.92 Å². The molecule has 0 fully saturated rings. The molecule has 1 unspecified atom stereocenters. The van der Waals surface area contributed by atoms with Gasteiger partial charge in [0.1, 0.15) is 5.75 Å². The molecule has 0 saturated heterocycles. The van der Waals surface area contributed by atoms with Crippen molar-refractivity contribution in [3.8, 4) is 5.75 Å². The van der Waals surface area contributed by atoms with Gasteiger partial charge in [-0.3, -0.25) is 0 Å². The first kappa shape index (κ1) is 14.1. The summed E-state index contributed by atoms with van der Waals surface area (Å²) < 4.78 is 5.80. The van der Waals surface area contributed by atoms with E-state index in [0.29, 0.717) is 6.04 Å². The minimum atomic E-state index is 0.475. The predicted molar refractivity (Wildman–Crippen MR) is 82.2 cm³/mol. The van der Waals surface area contributed by atoms with E-state index in [4.69, 9.17) is 4.74 Å². The van der Waals surface area contributed by atoms with Crippen molar-refractivity contribution in [1.82, 2.24) is 5.32 Å². The number of benzene rings is 1. The lowest BCUT2D eigenvalue weighted by Gasteiger charge is -2.15. The third-order valence-corrected chi connectivity index (χ3v) is 4.06. The van der Waals surface area contributed by atoms with Crippen LogP contribution in [0.25, 0.3) is 0 Å². The van der Waals surface area contributed by atoms with E-state index >= 15 is 0 Å². The predicted octanol–water partition coefficient (Wildman–Crippen LogP) is 3.66. The van der Waals surface area contributed by atoms with E-state index in [9.17, 15) is 0 Å². The molecule has 1 aromatic carbocycles. The molecule has 2 aromatic rings. The van der Waals surface area contributed by atoms with Crippen molar-refractivity contribution < 1.29 is 4.74 Å². The van der Waals surface area contributed by atoms with Crippen molar-refractivity contribution in [2.24, 2.45) is 0 Å². The number of ether oxygens (including phenoxy) is 1. The van der Waals surface area contributed by atoms with Crippen LogP contribution >= 0.6 is 11.3 Å². The molecule has 1 heterocycles. The summed E-state index contributed by atoms with van der Waals surface area (Å²) in [6.45, 7) is 2.83. The summed E-state index contributed by atoms with van der Waals surface area (Å²) in [7, 11) is 2.02. The smallest absolute Gasteiger partial charge is 0.119 e. The molecule has 0 spiro atoms. The van der Waals surface area contributed by atoms with Crippen molar-refractivity contribution >= 4 is 11.3 Å². The Hall–Kier alpha value is -1.32. The summed E-state index contributed by atoms with van der Waals surface area (Å²) >= 11 is 1.82. The zero-order chi connectivity index (χ0) is 13.5. The van der Waals surface area contributed by atoms with Crippen LogP contribution in [-0.4, -0.2) is 19.7 Å². The maximum Gasteiger partial charge on any atom is 0.119 e. The number of rotatable bonds is 7. The second kappa shape index (κ2) is 7.31. The maximum absolute atomic E-state index is 5.80. The molecule has 102 valence electrons. The molecule has 2 rings (SSSR count). The van der Waals surface area contributed by atoms with Crippen LogP contribution in [-0.2, 0) is 6.42 Å². The van der Waals surface area contributed by atoms with Gasteiger partial charge in [0.25, 0.3) is 0 Å². The highest BCUT2D eigenvalue weighted by Gasteiger charge is 2.08. The van der Waals surface area contributed by atoms with E-state index in [1.165, 1.54) is 10.4 Å². The summed E-state index contributed by atoms with van der Waals surface area (Å²) in [5.74, 6) is 0.964. The molecule has 1 N–H and O–H groups in total. The second-order valence-corrected chi connectivity index (χ2v) is 5.75. The third kappa shape index (κ3) is 4.69. The van der Waals surface area contributed by atoms with E-state index in [-0.39, 0.29) is 0 Å². The minimum absolute atomic E-state index is 0.475. The minimum Gasteiger partial charge on any atom is -0.494 e. The van der Waals surface area contributed by atoms with E-state index in [1.54, 1.807) is 0 Å². The van der Waals surface area contributed by atoms with Crippen molar-refractivity contribution in [2.75, 3.05) is 13.7 Å². The lowest BCUT2D eigenvalue weighted by atomic mass is 10.1. The van der Waals surface area contributed by atoms with Crippen molar-refractivity contribution in [2.45, 2.75) is 25.8 Å². The van der Waals surface area contributed by atoms with Gasteiger partial charge in [-0.15, -0.1) is 11.3 Å². The maximum atomic E-state index is 5.80. The quantitative estimate of drug-likeness (QED) is 0.832. The molecule has 0 radical (unpaired) electrons. The number of nitrogens with one attached hydrogen (secondary N) is 1. The summed E-state index contributed by atoms with van der Waals surface area (Å²) in [5, 5.41) is 5.49. The molecule has 3 heteroatoms. The third-order valence-electron chi connectivity index (χ3n) is 3.16. The van der Waals surface area contributed by atoms with Crippen molar-refractivity contribution in [1.29, 1.82) is 0 Å². The van der Waals surface area contributed by atoms with E-state index in [2.05, 4.69) is 41.9 Å². The second-order valence-electron chi connectivity index (χ2n) is 4.72. The lowest BCUT2D eigenvalue weighted by Crippen LogP contribution is -2.29. The fourth-order valence-electron chi connectivity index (χ4n) is 2.04. The van der Waals surface area contributed by atoms with Crippen molar-refractivity contribution in [3.63, 3.8) is 0 Å².